The van der Waals surface area contributed by atoms with Crippen molar-refractivity contribution in [3.8, 4) is 0 Å². The van der Waals surface area contributed by atoms with Gasteiger partial charge in [-0.25, -0.2) is 4.98 Å². The van der Waals surface area contributed by atoms with Gasteiger partial charge in [-0.05, 0) is 6.42 Å². The highest BCUT2D eigenvalue weighted by Crippen LogP contribution is 2.06. The number of anilines is 1. The summed E-state index contributed by atoms with van der Waals surface area (Å²) in [5.41, 5.74) is -0.241. The second-order valence-corrected chi connectivity index (χ2v) is 3.45. The molecule has 6 heteroatoms. The highest BCUT2D eigenvalue weighted by molar-refractivity contribution is 5.76. The first-order valence-electron chi connectivity index (χ1n) is 4.82. The predicted octanol–water partition coefficient (Wildman–Crippen LogP) is -0.540. The molecule has 0 bridgehead atoms. The van der Waals surface area contributed by atoms with Gasteiger partial charge in [0.25, 0.3) is 5.56 Å². The second-order valence-electron chi connectivity index (χ2n) is 3.45. The summed E-state index contributed by atoms with van der Waals surface area (Å²) >= 11 is 0. The number of aromatic amines is 1. The van der Waals surface area contributed by atoms with Gasteiger partial charge in [0.15, 0.2) is 5.82 Å². The molecule has 1 saturated heterocycles. The van der Waals surface area contributed by atoms with Crippen LogP contribution < -0.4 is 16.2 Å². The van der Waals surface area contributed by atoms with Gasteiger partial charge in [0, 0.05) is 31.4 Å². The molecular weight excluding hydrogens is 196 g/mol. The van der Waals surface area contributed by atoms with Crippen LogP contribution in [-0.2, 0) is 4.79 Å². The third kappa shape index (κ3) is 2.34. The molecule has 2 rings (SSSR count). The lowest BCUT2D eigenvalue weighted by molar-refractivity contribution is -0.122. The van der Waals surface area contributed by atoms with Gasteiger partial charge in [-0.3, -0.25) is 9.59 Å². The molecule has 1 aromatic rings. The number of amides is 1. The molecule has 1 aliphatic heterocycles. The third-order valence-electron chi connectivity index (χ3n) is 2.31. The van der Waals surface area contributed by atoms with Crippen LogP contribution in [0.15, 0.2) is 17.2 Å². The summed E-state index contributed by atoms with van der Waals surface area (Å²) in [7, 11) is 0. The minimum Gasteiger partial charge on any atom is -0.361 e. The lowest BCUT2D eigenvalue weighted by Gasteiger charge is -2.23. The summed E-state index contributed by atoms with van der Waals surface area (Å²) in [5.74, 6) is 0.363. The second kappa shape index (κ2) is 4.12. The molecule has 0 spiro atoms. The van der Waals surface area contributed by atoms with E-state index in [9.17, 15) is 9.59 Å². The maximum absolute atomic E-state index is 11.3. The number of carbonyl (C=O) groups is 1. The van der Waals surface area contributed by atoms with Crippen molar-refractivity contribution in [2.75, 3.05) is 11.9 Å². The van der Waals surface area contributed by atoms with Crippen LogP contribution in [-0.4, -0.2) is 28.5 Å². The van der Waals surface area contributed by atoms with Crippen LogP contribution in [0.2, 0.25) is 0 Å². The molecule has 6 nitrogen and oxygen atoms in total. The Morgan fingerprint density at radius 1 is 1.47 bits per heavy atom. The van der Waals surface area contributed by atoms with Gasteiger partial charge in [-0.1, -0.05) is 0 Å². The van der Waals surface area contributed by atoms with E-state index in [1.165, 1.54) is 12.4 Å². The van der Waals surface area contributed by atoms with Crippen molar-refractivity contribution in [2.45, 2.75) is 18.9 Å². The number of piperidine rings is 1. The summed E-state index contributed by atoms with van der Waals surface area (Å²) in [5, 5.41) is 5.73. The molecule has 1 aliphatic rings. The van der Waals surface area contributed by atoms with Crippen LogP contribution >= 0.6 is 0 Å². The Morgan fingerprint density at radius 2 is 2.33 bits per heavy atom. The maximum Gasteiger partial charge on any atom is 0.290 e. The zero-order chi connectivity index (χ0) is 10.7. The lowest BCUT2D eigenvalue weighted by Crippen LogP contribution is -2.42. The van der Waals surface area contributed by atoms with Crippen molar-refractivity contribution in [1.29, 1.82) is 0 Å². The van der Waals surface area contributed by atoms with E-state index in [-0.39, 0.29) is 17.5 Å². The van der Waals surface area contributed by atoms with Gasteiger partial charge in [0.1, 0.15) is 0 Å². The molecule has 0 radical (unpaired) electrons. The number of aromatic nitrogens is 2. The number of hydrogen-bond donors (Lipinski definition) is 3. The van der Waals surface area contributed by atoms with Crippen LogP contribution in [0.25, 0.3) is 0 Å². The molecule has 80 valence electrons. The number of carbonyl (C=O) groups excluding carboxylic acids is 1. The normalized spacial score (nSPS) is 20.8. The average Bonchev–Trinajstić information content (AvgIpc) is 2.25. The van der Waals surface area contributed by atoms with E-state index >= 15 is 0 Å². The van der Waals surface area contributed by atoms with Crippen molar-refractivity contribution in [2.24, 2.45) is 0 Å². The monoisotopic (exact) mass is 208 g/mol. The molecule has 1 unspecified atom stereocenters. The first-order valence-corrected chi connectivity index (χ1v) is 4.82. The average molecular weight is 208 g/mol. The topological polar surface area (TPSA) is 86.9 Å². The predicted molar refractivity (Wildman–Crippen MR) is 54.5 cm³/mol. The van der Waals surface area contributed by atoms with E-state index in [0.29, 0.717) is 18.8 Å². The zero-order valence-corrected chi connectivity index (χ0v) is 8.12. The molecule has 0 aliphatic carbocycles. The van der Waals surface area contributed by atoms with E-state index in [1.54, 1.807) is 0 Å². The zero-order valence-electron chi connectivity index (χ0n) is 8.12. The van der Waals surface area contributed by atoms with E-state index < -0.39 is 0 Å². The Labute approximate surface area is 86.1 Å². The number of nitrogens with zero attached hydrogens (tertiary/aromatic N) is 1. The van der Waals surface area contributed by atoms with E-state index in [4.69, 9.17) is 0 Å². The Morgan fingerprint density at radius 3 is 3.00 bits per heavy atom. The third-order valence-corrected chi connectivity index (χ3v) is 2.31. The van der Waals surface area contributed by atoms with Crippen LogP contribution in [0.3, 0.4) is 0 Å². The number of H-pyrrole nitrogens is 1. The maximum atomic E-state index is 11.3. The largest absolute Gasteiger partial charge is 0.361 e. The fraction of sp³-hybridized carbons (Fsp3) is 0.444. The molecule has 1 aromatic heterocycles. The van der Waals surface area contributed by atoms with Gasteiger partial charge in [-0.15, -0.1) is 0 Å². The molecule has 0 aromatic carbocycles. The molecular formula is C9H12N4O2. The van der Waals surface area contributed by atoms with Crippen molar-refractivity contribution >= 4 is 11.7 Å². The Hall–Kier alpha value is -1.85. The van der Waals surface area contributed by atoms with Gasteiger partial charge in [0.2, 0.25) is 5.91 Å². The number of rotatable bonds is 2. The van der Waals surface area contributed by atoms with Crippen molar-refractivity contribution in [3.05, 3.63) is 22.7 Å². The van der Waals surface area contributed by atoms with Crippen LogP contribution in [0, 0.1) is 0 Å². The highest BCUT2D eigenvalue weighted by atomic mass is 16.1. The van der Waals surface area contributed by atoms with E-state index in [2.05, 4.69) is 20.6 Å². The Kier molecular flexibility index (Phi) is 2.66. The molecule has 0 saturated carbocycles. The molecule has 1 fully saturated rings. The Bertz CT molecular complexity index is 405. The first-order chi connectivity index (χ1) is 7.25. The van der Waals surface area contributed by atoms with Crippen molar-refractivity contribution in [3.63, 3.8) is 0 Å². The molecule has 2 heterocycles. The number of nitrogens with one attached hydrogen (secondary N) is 3. The van der Waals surface area contributed by atoms with Crippen LogP contribution in [0.1, 0.15) is 12.8 Å². The SMILES string of the molecule is O=C1CCC(Nc2ncc[nH]c2=O)CN1. The number of hydrogen-bond acceptors (Lipinski definition) is 4. The smallest absolute Gasteiger partial charge is 0.290 e. The van der Waals surface area contributed by atoms with Crippen molar-refractivity contribution in [1.82, 2.24) is 15.3 Å². The molecule has 1 atom stereocenters. The minimum absolute atomic E-state index is 0.0583. The standard InChI is InChI=1S/C9H12N4O2/c14-7-2-1-6(5-12-7)13-8-9(15)11-4-3-10-8/h3-4,6H,1-2,5H2,(H,10,13)(H,11,15)(H,12,14). The lowest BCUT2D eigenvalue weighted by atomic mass is 10.1. The highest BCUT2D eigenvalue weighted by Gasteiger charge is 2.18. The van der Waals surface area contributed by atoms with E-state index in [1.807, 2.05) is 0 Å². The summed E-state index contributed by atoms with van der Waals surface area (Å²) in [6.07, 6.45) is 4.21. The fourth-order valence-electron chi connectivity index (χ4n) is 1.50. The van der Waals surface area contributed by atoms with Crippen molar-refractivity contribution < 1.29 is 4.79 Å². The van der Waals surface area contributed by atoms with E-state index in [0.717, 1.165) is 6.42 Å². The van der Waals surface area contributed by atoms with Gasteiger partial charge in [0.05, 0.1) is 0 Å². The molecule has 15 heavy (non-hydrogen) atoms. The van der Waals surface area contributed by atoms with Gasteiger partial charge < -0.3 is 15.6 Å². The fourth-order valence-corrected chi connectivity index (χ4v) is 1.50. The Balaban J connectivity index is 2.01. The summed E-state index contributed by atoms with van der Waals surface area (Å²) in [6, 6.07) is 0.0821. The van der Waals surface area contributed by atoms with Gasteiger partial charge >= 0.3 is 0 Å². The van der Waals surface area contributed by atoms with Crippen LogP contribution in [0.5, 0.6) is 0 Å². The first kappa shape index (κ1) is 9.70. The molecule has 3 N–H and O–H groups in total. The summed E-state index contributed by atoms with van der Waals surface area (Å²) < 4.78 is 0. The molecule has 1 amide bonds. The summed E-state index contributed by atoms with van der Waals surface area (Å²) in [6.45, 7) is 0.537. The quantitative estimate of drug-likeness (QED) is 0.609. The minimum atomic E-state index is -0.241. The van der Waals surface area contributed by atoms with Crippen LogP contribution in [0.4, 0.5) is 5.82 Å². The van der Waals surface area contributed by atoms with Gasteiger partial charge in [-0.2, -0.15) is 0 Å². The summed E-state index contributed by atoms with van der Waals surface area (Å²) in [4.78, 5) is 28.6.